The molecule has 1 unspecified atom stereocenters. The molecule has 0 spiro atoms. The van der Waals surface area contributed by atoms with Gasteiger partial charge in [-0.05, 0) is 32.0 Å². The van der Waals surface area contributed by atoms with Gasteiger partial charge in [-0.1, -0.05) is 25.1 Å². The van der Waals surface area contributed by atoms with Gasteiger partial charge in [0.25, 0.3) is 0 Å². The molecule has 0 aliphatic rings. The summed E-state index contributed by atoms with van der Waals surface area (Å²) in [6, 6.07) is 11.2. The molecule has 0 heterocycles. The average molecular weight is 209 g/mol. The summed E-state index contributed by atoms with van der Waals surface area (Å²) in [7, 11) is 0. The van der Waals surface area contributed by atoms with Crippen molar-refractivity contribution in [2.24, 2.45) is 0 Å². The Hall–Kier alpha value is -0.470. The van der Waals surface area contributed by atoms with E-state index in [0.29, 0.717) is 6.04 Å². The van der Waals surface area contributed by atoms with Gasteiger partial charge in [0.1, 0.15) is 0 Å². The highest BCUT2D eigenvalue weighted by Crippen LogP contribution is 2.17. The molecular formula is C12H19NS. The van der Waals surface area contributed by atoms with Crippen molar-refractivity contribution in [3.63, 3.8) is 0 Å². The summed E-state index contributed by atoms with van der Waals surface area (Å²) >= 11 is 1.92. The zero-order valence-electron chi connectivity index (χ0n) is 8.99. The molecule has 0 bridgehead atoms. The lowest BCUT2D eigenvalue weighted by Crippen LogP contribution is -2.28. The number of thioether (sulfide) groups is 1. The summed E-state index contributed by atoms with van der Waals surface area (Å²) in [5, 5.41) is 3.48. The fraction of sp³-hybridized carbons (Fsp3) is 0.500. The topological polar surface area (TPSA) is 12.0 Å². The summed E-state index contributed by atoms with van der Waals surface area (Å²) in [4.78, 5) is 1.36. The molecule has 2 heteroatoms. The molecule has 1 atom stereocenters. The zero-order chi connectivity index (χ0) is 10.2. The lowest BCUT2D eigenvalue weighted by atomic mass is 10.3. The molecule has 1 N–H and O–H groups in total. The van der Waals surface area contributed by atoms with Gasteiger partial charge in [-0.2, -0.15) is 0 Å². The molecule has 1 aromatic carbocycles. The van der Waals surface area contributed by atoms with E-state index in [1.165, 1.54) is 11.3 Å². The smallest absolute Gasteiger partial charge is 0.0133 e. The Morgan fingerprint density at radius 2 is 2.00 bits per heavy atom. The molecule has 14 heavy (non-hydrogen) atoms. The molecule has 0 aliphatic heterocycles. The van der Waals surface area contributed by atoms with Gasteiger partial charge in [0.2, 0.25) is 0 Å². The van der Waals surface area contributed by atoms with E-state index in [2.05, 4.69) is 49.5 Å². The minimum Gasteiger partial charge on any atom is -0.313 e. The third-order valence-corrected chi connectivity index (χ3v) is 3.26. The largest absolute Gasteiger partial charge is 0.313 e. The number of benzene rings is 1. The summed E-state index contributed by atoms with van der Waals surface area (Å²) in [5.74, 6) is 1.14. The van der Waals surface area contributed by atoms with Crippen LogP contribution in [0.1, 0.15) is 20.3 Å². The quantitative estimate of drug-likeness (QED) is 0.722. The summed E-state index contributed by atoms with van der Waals surface area (Å²) < 4.78 is 0. The van der Waals surface area contributed by atoms with Crippen LogP contribution in [0.3, 0.4) is 0 Å². The van der Waals surface area contributed by atoms with Crippen LogP contribution in [0.25, 0.3) is 0 Å². The van der Waals surface area contributed by atoms with Crippen molar-refractivity contribution in [3.05, 3.63) is 30.3 Å². The lowest BCUT2D eigenvalue weighted by molar-refractivity contribution is 0.590. The van der Waals surface area contributed by atoms with Crippen molar-refractivity contribution in [1.82, 2.24) is 5.32 Å². The monoisotopic (exact) mass is 209 g/mol. The second-order valence-corrected chi connectivity index (χ2v) is 4.57. The van der Waals surface area contributed by atoms with Crippen LogP contribution in [-0.2, 0) is 0 Å². The first-order valence-corrected chi connectivity index (χ1v) is 6.22. The van der Waals surface area contributed by atoms with Gasteiger partial charge in [0, 0.05) is 16.7 Å². The molecule has 1 aromatic rings. The lowest BCUT2D eigenvalue weighted by Gasteiger charge is -2.12. The Labute approximate surface area is 91.3 Å². The predicted molar refractivity (Wildman–Crippen MR) is 64.9 cm³/mol. The van der Waals surface area contributed by atoms with E-state index in [-0.39, 0.29) is 0 Å². The van der Waals surface area contributed by atoms with E-state index < -0.39 is 0 Å². The van der Waals surface area contributed by atoms with Crippen molar-refractivity contribution in [3.8, 4) is 0 Å². The van der Waals surface area contributed by atoms with Crippen LogP contribution in [0.2, 0.25) is 0 Å². The van der Waals surface area contributed by atoms with Crippen LogP contribution in [-0.4, -0.2) is 18.3 Å². The minimum absolute atomic E-state index is 0.597. The maximum absolute atomic E-state index is 3.48. The standard InChI is InChI=1S/C12H19NS/c1-3-9-13-11(2)10-14-12-7-5-4-6-8-12/h4-8,11,13H,3,9-10H2,1-2H3. The summed E-state index contributed by atoms with van der Waals surface area (Å²) in [5.41, 5.74) is 0. The van der Waals surface area contributed by atoms with Crippen LogP contribution in [0, 0.1) is 0 Å². The second-order valence-electron chi connectivity index (χ2n) is 3.48. The van der Waals surface area contributed by atoms with Crippen LogP contribution in [0.5, 0.6) is 0 Å². The Kier molecular flexibility index (Phi) is 5.72. The van der Waals surface area contributed by atoms with E-state index in [4.69, 9.17) is 0 Å². The Morgan fingerprint density at radius 3 is 2.64 bits per heavy atom. The Balaban J connectivity index is 2.20. The molecule has 0 saturated carbocycles. The highest BCUT2D eigenvalue weighted by molar-refractivity contribution is 7.99. The Morgan fingerprint density at radius 1 is 1.29 bits per heavy atom. The SMILES string of the molecule is CCCNC(C)CSc1ccccc1. The number of hydrogen-bond acceptors (Lipinski definition) is 2. The molecule has 0 saturated heterocycles. The molecule has 0 aliphatic carbocycles. The van der Waals surface area contributed by atoms with E-state index >= 15 is 0 Å². The predicted octanol–water partition coefficient (Wildman–Crippen LogP) is 3.17. The minimum atomic E-state index is 0.597. The number of rotatable bonds is 6. The molecule has 0 amide bonds. The number of hydrogen-bond donors (Lipinski definition) is 1. The number of nitrogens with one attached hydrogen (secondary N) is 1. The molecule has 0 aromatic heterocycles. The van der Waals surface area contributed by atoms with Gasteiger partial charge >= 0.3 is 0 Å². The second kappa shape index (κ2) is 6.91. The summed E-state index contributed by atoms with van der Waals surface area (Å²) in [6.07, 6.45) is 1.21. The van der Waals surface area contributed by atoms with E-state index in [1.807, 2.05) is 11.8 Å². The van der Waals surface area contributed by atoms with E-state index in [0.717, 1.165) is 12.3 Å². The van der Waals surface area contributed by atoms with Crippen LogP contribution < -0.4 is 5.32 Å². The van der Waals surface area contributed by atoms with Gasteiger partial charge < -0.3 is 5.32 Å². The van der Waals surface area contributed by atoms with E-state index in [1.54, 1.807) is 0 Å². The molecule has 1 rings (SSSR count). The van der Waals surface area contributed by atoms with Crippen molar-refractivity contribution in [2.75, 3.05) is 12.3 Å². The molecular weight excluding hydrogens is 190 g/mol. The van der Waals surface area contributed by atoms with Crippen LogP contribution >= 0.6 is 11.8 Å². The zero-order valence-corrected chi connectivity index (χ0v) is 9.81. The van der Waals surface area contributed by atoms with Gasteiger partial charge in [0.15, 0.2) is 0 Å². The van der Waals surface area contributed by atoms with Crippen molar-refractivity contribution < 1.29 is 0 Å². The van der Waals surface area contributed by atoms with Gasteiger partial charge in [0.05, 0.1) is 0 Å². The fourth-order valence-corrected chi connectivity index (χ4v) is 2.10. The molecule has 1 nitrogen and oxygen atoms in total. The van der Waals surface area contributed by atoms with Crippen molar-refractivity contribution in [1.29, 1.82) is 0 Å². The maximum Gasteiger partial charge on any atom is 0.0133 e. The van der Waals surface area contributed by atoms with Crippen LogP contribution in [0.15, 0.2) is 35.2 Å². The van der Waals surface area contributed by atoms with Crippen LogP contribution in [0.4, 0.5) is 0 Å². The van der Waals surface area contributed by atoms with Gasteiger partial charge in [-0.25, -0.2) is 0 Å². The third kappa shape index (κ3) is 4.68. The first-order chi connectivity index (χ1) is 6.83. The average Bonchev–Trinajstić information content (AvgIpc) is 2.25. The third-order valence-electron chi connectivity index (χ3n) is 1.99. The molecule has 78 valence electrons. The fourth-order valence-electron chi connectivity index (χ4n) is 1.19. The highest BCUT2D eigenvalue weighted by Gasteiger charge is 2.00. The first-order valence-electron chi connectivity index (χ1n) is 5.24. The summed E-state index contributed by atoms with van der Waals surface area (Å²) in [6.45, 7) is 5.56. The maximum atomic E-state index is 3.48. The normalized spacial score (nSPS) is 12.7. The van der Waals surface area contributed by atoms with Gasteiger partial charge in [-0.3, -0.25) is 0 Å². The molecule has 0 radical (unpaired) electrons. The first kappa shape index (κ1) is 11.6. The van der Waals surface area contributed by atoms with Crippen molar-refractivity contribution >= 4 is 11.8 Å². The van der Waals surface area contributed by atoms with Gasteiger partial charge in [-0.15, -0.1) is 11.8 Å². The Bertz CT molecular complexity index is 235. The van der Waals surface area contributed by atoms with Crippen molar-refractivity contribution in [2.45, 2.75) is 31.2 Å². The highest BCUT2D eigenvalue weighted by atomic mass is 32.2. The molecule has 0 fully saturated rings. The van der Waals surface area contributed by atoms with E-state index in [9.17, 15) is 0 Å².